The lowest BCUT2D eigenvalue weighted by molar-refractivity contribution is 0.622. The number of nitrogens with two attached hydrogens (primary N) is 1. The maximum atomic E-state index is 6.21. The van der Waals surface area contributed by atoms with Crippen LogP contribution < -0.4 is 10.3 Å². The van der Waals surface area contributed by atoms with Crippen LogP contribution in [-0.4, -0.2) is 0 Å². The molecule has 1 aliphatic heterocycles. The number of hydrogen-bond acceptors (Lipinski definition) is 5. The first kappa shape index (κ1) is 16.3. The molecule has 0 aromatic heterocycles. The van der Waals surface area contributed by atoms with Crippen LogP contribution in [0.1, 0.15) is 0 Å². The van der Waals surface area contributed by atoms with Gasteiger partial charge in [-0.25, -0.2) is 0 Å². The molecule has 2 rings (SSSR count). The lowest BCUT2D eigenvalue weighted by Crippen LogP contribution is -1.92. The van der Waals surface area contributed by atoms with E-state index in [2.05, 4.69) is 13.5 Å². The third-order valence-corrected chi connectivity index (χ3v) is 13.7. The molecule has 5 nitrogen and oxygen atoms in total. The lowest BCUT2D eigenvalue weighted by Gasteiger charge is -2.22. The Balaban J connectivity index is 2.51. The molecule has 0 aliphatic carbocycles. The zero-order valence-corrected chi connectivity index (χ0v) is 15.3. The highest BCUT2D eigenvalue weighted by atomic mass is 35.9. The highest BCUT2D eigenvalue weighted by Gasteiger charge is 2.34. The Morgan fingerprint density at radius 3 is 2.05 bits per heavy atom. The molecule has 0 amide bonds. The molecule has 1 aliphatic rings. The molecular weight excluding hydrogens is 414 g/mol. The first-order valence-corrected chi connectivity index (χ1v) is 14.1. The van der Waals surface area contributed by atoms with Gasteiger partial charge in [0.15, 0.2) is 5.75 Å². The predicted octanol–water partition coefficient (Wildman–Crippen LogP) is 7.69. The molecule has 1 atom stereocenters. The molecule has 13 heteroatoms. The van der Waals surface area contributed by atoms with Gasteiger partial charge in [0.1, 0.15) is 0 Å². The fourth-order valence-electron chi connectivity index (χ4n) is 1.17. The Bertz CT molecular complexity index is 672. The Labute approximate surface area is 134 Å². The van der Waals surface area contributed by atoms with E-state index in [1.807, 2.05) is 0 Å². The largest absolute Gasteiger partial charge is 0.429 e. The quantitative estimate of drug-likeness (QED) is 0.393. The van der Waals surface area contributed by atoms with Crippen molar-refractivity contribution in [2.75, 3.05) is 5.73 Å². The molecule has 1 aromatic rings. The fourth-order valence-corrected chi connectivity index (χ4v) is 17.7. The van der Waals surface area contributed by atoms with E-state index in [-0.39, 0.29) is 0 Å². The van der Waals surface area contributed by atoms with Gasteiger partial charge in [0.05, 0.1) is 5.69 Å². The van der Waals surface area contributed by atoms with Crippen LogP contribution in [0.4, 0.5) is 5.69 Å². The number of nitrogen functional groups attached to an aromatic ring is 1. The predicted molar refractivity (Wildman–Crippen MR) is 88.8 cm³/mol. The topological polar surface area (TPSA) is 72.3 Å². The van der Waals surface area contributed by atoms with E-state index in [1.165, 1.54) is 0 Å². The second kappa shape index (κ2) is 5.63. The van der Waals surface area contributed by atoms with Crippen molar-refractivity contribution < 1.29 is 4.52 Å². The van der Waals surface area contributed by atoms with Crippen molar-refractivity contribution in [1.29, 1.82) is 0 Å². The monoisotopic (exact) mass is 418 g/mol. The van der Waals surface area contributed by atoms with Crippen molar-refractivity contribution in [3.63, 3.8) is 0 Å². The number of halogens is 5. The molecule has 1 aromatic carbocycles. The summed E-state index contributed by atoms with van der Waals surface area (Å²) in [6.07, 6.45) is 0. The smallest absolute Gasteiger partial charge is 0.350 e. The lowest BCUT2D eigenvalue weighted by atomic mass is 10.3. The van der Waals surface area contributed by atoms with Crippen LogP contribution in [0.15, 0.2) is 37.8 Å². The number of benzene rings is 1. The zero-order chi connectivity index (χ0) is 14.3. The molecule has 1 unspecified atom stereocenters. The van der Waals surface area contributed by atoms with Crippen molar-refractivity contribution in [1.82, 2.24) is 0 Å². The van der Waals surface area contributed by atoms with Gasteiger partial charge in [-0.1, -0.05) is 12.1 Å². The molecule has 0 saturated heterocycles. The van der Waals surface area contributed by atoms with Gasteiger partial charge in [-0.2, -0.15) is 13.5 Å². The van der Waals surface area contributed by atoms with Gasteiger partial charge in [-0.05, 0) is 68.3 Å². The number of nitrogens with zero attached hydrogens (tertiary/aromatic N) is 3. The van der Waals surface area contributed by atoms with Gasteiger partial charge >= 0.3 is 6.78 Å². The van der Waals surface area contributed by atoms with Crippen LogP contribution >= 0.6 is 74.8 Å². The summed E-state index contributed by atoms with van der Waals surface area (Å²) in [6, 6.07) is 6.71. The summed E-state index contributed by atoms with van der Waals surface area (Å²) in [5.41, 5.74) is 6.12. The van der Waals surface area contributed by atoms with Crippen molar-refractivity contribution in [2.24, 2.45) is 13.5 Å². The van der Waals surface area contributed by atoms with Gasteiger partial charge in [-0.3, -0.25) is 0 Å². The van der Waals surface area contributed by atoms with Crippen LogP contribution in [0, 0.1) is 0 Å². The van der Waals surface area contributed by atoms with Crippen LogP contribution in [0.5, 0.6) is 5.75 Å². The van der Waals surface area contributed by atoms with E-state index in [0.717, 1.165) is 0 Å². The standard InChI is InChI=1S/C6H6Cl5N4OP3/c7-17(8)13-18(9,10)15-19(11,14-17)16-6-4-2-1-3-5(6)12/h1-4H,12H2. The minimum atomic E-state index is -3.24. The first-order valence-electron chi connectivity index (χ1n) is 4.55. The Hall–Kier alpha value is 0.960. The van der Waals surface area contributed by atoms with Crippen LogP contribution in [-0.2, 0) is 0 Å². The summed E-state index contributed by atoms with van der Waals surface area (Å²) in [5, 5.41) is 0. The Morgan fingerprint density at radius 2 is 1.47 bits per heavy atom. The molecule has 0 saturated carbocycles. The highest BCUT2D eigenvalue weighted by molar-refractivity contribution is 8.22. The Kier molecular flexibility index (Phi) is 4.84. The molecule has 0 radical (unpaired) electrons. The molecular formula is C6H6Cl5N4OP3. The van der Waals surface area contributed by atoms with Crippen molar-refractivity contribution in [3.05, 3.63) is 24.3 Å². The third kappa shape index (κ3) is 4.46. The third-order valence-electron chi connectivity index (χ3n) is 1.78. The summed E-state index contributed by atoms with van der Waals surface area (Å²) in [6.45, 7) is -3.24. The van der Waals surface area contributed by atoms with Crippen molar-refractivity contribution in [2.45, 2.75) is 0 Å². The number of anilines is 1. The van der Waals surface area contributed by atoms with Gasteiger partial charge in [-0.15, -0.1) is 0 Å². The number of hydrogen-bond donors (Lipinski definition) is 1. The van der Waals surface area contributed by atoms with Crippen LogP contribution in [0.2, 0.25) is 0 Å². The normalized spacial score (nSPS) is 27.6. The average molecular weight is 420 g/mol. The molecule has 0 bridgehead atoms. The second-order valence-electron chi connectivity index (χ2n) is 3.28. The fraction of sp³-hybridized carbons (Fsp3) is 0. The van der Waals surface area contributed by atoms with Gasteiger partial charge in [0, 0.05) is 0 Å². The van der Waals surface area contributed by atoms with Crippen molar-refractivity contribution in [3.8, 4) is 5.75 Å². The van der Waals surface area contributed by atoms with E-state index in [4.69, 9.17) is 66.5 Å². The minimum Gasteiger partial charge on any atom is -0.429 e. The number of rotatable bonds is 2. The molecule has 19 heavy (non-hydrogen) atoms. The molecule has 0 fully saturated rings. The van der Waals surface area contributed by atoms with Crippen molar-refractivity contribution >= 4 is 80.5 Å². The van der Waals surface area contributed by atoms with E-state index in [0.29, 0.717) is 11.4 Å². The van der Waals surface area contributed by atoms with Gasteiger partial charge in [0.25, 0.3) is 11.8 Å². The molecule has 1 heterocycles. The Morgan fingerprint density at radius 1 is 0.895 bits per heavy atom. The van der Waals surface area contributed by atoms with Crippen LogP contribution in [0.25, 0.3) is 0 Å². The SMILES string of the molecule is Nc1ccccc1OP1(Cl)=NP(Cl)(Cl)=NP(Cl)(Cl)=N1. The summed E-state index contributed by atoms with van der Waals surface area (Å²) in [7, 11) is 0. The maximum absolute atomic E-state index is 6.21. The van der Waals surface area contributed by atoms with Gasteiger partial charge in [0.2, 0.25) is 0 Å². The van der Waals surface area contributed by atoms with E-state index >= 15 is 0 Å². The highest BCUT2D eigenvalue weighted by Crippen LogP contribution is 2.86. The summed E-state index contributed by atoms with van der Waals surface area (Å²) in [4.78, 5) is 0. The molecule has 106 valence electrons. The summed E-state index contributed by atoms with van der Waals surface area (Å²) < 4.78 is 17.2. The summed E-state index contributed by atoms with van der Waals surface area (Å²) in [5.74, 6) is -5.88. The minimum absolute atomic E-state index is 0.307. The summed E-state index contributed by atoms with van der Waals surface area (Å²) >= 11 is 29.9. The van der Waals surface area contributed by atoms with E-state index < -0.39 is 18.6 Å². The second-order valence-corrected chi connectivity index (χ2v) is 16.4. The molecule has 2 N–H and O–H groups in total. The van der Waals surface area contributed by atoms with Gasteiger partial charge < -0.3 is 10.3 Å². The number of para-hydroxylation sites is 2. The van der Waals surface area contributed by atoms with E-state index in [1.54, 1.807) is 24.3 Å². The van der Waals surface area contributed by atoms with E-state index in [9.17, 15) is 0 Å². The average Bonchev–Trinajstić information content (AvgIpc) is 2.15. The zero-order valence-electron chi connectivity index (χ0n) is 8.87. The molecule has 0 spiro atoms. The maximum Gasteiger partial charge on any atom is 0.350 e. The van der Waals surface area contributed by atoms with Crippen LogP contribution in [0.3, 0.4) is 0 Å². The first-order chi connectivity index (χ1) is 8.61.